The molecule has 28 heavy (non-hydrogen) atoms. The number of hydrogen-bond acceptors (Lipinski definition) is 5. The van der Waals surface area contributed by atoms with Crippen molar-refractivity contribution in [2.24, 2.45) is 0 Å². The summed E-state index contributed by atoms with van der Waals surface area (Å²) in [5.74, 6) is 0.0822. The number of halogens is 1. The molecule has 1 fully saturated rings. The molecule has 8 heteroatoms. The maximum atomic E-state index is 12.5. The molecule has 0 spiro atoms. The minimum atomic E-state index is -0.395. The summed E-state index contributed by atoms with van der Waals surface area (Å²) in [6.07, 6.45) is 0. The molecular formula is C20H23ClN4O3. The van der Waals surface area contributed by atoms with Gasteiger partial charge >= 0.3 is 0 Å². The van der Waals surface area contributed by atoms with Crippen LogP contribution in [0.25, 0.3) is 0 Å². The number of amides is 1. The number of nitro benzene ring substituents is 1. The van der Waals surface area contributed by atoms with Crippen LogP contribution in [0.15, 0.2) is 48.5 Å². The smallest absolute Gasteiger partial charge is 0.269 e. The van der Waals surface area contributed by atoms with Crippen LogP contribution in [-0.2, 0) is 11.3 Å². The Bertz CT molecular complexity index is 818. The molecule has 0 aliphatic carbocycles. The number of piperazine rings is 1. The van der Waals surface area contributed by atoms with Crippen LogP contribution >= 0.6 is 11.6 Å². The van der Waals surface area contributed by atoms with Crippen molar-refractivity contribution in [3.8, 4) is 0 Å². The van der Waals surface area contributed by atoms with E-state index in [0.717, 1.165) is 37.4 Å². The van der Waals surface area contributed by atoms with E-state index in [2.05, 4.69) is 9.80 Å². The monoisotopic (exact) mass is 402 g/mol. The third-order valence-electron chi connectivity index (χ3n) is 4.92. The van der Waals surface area contributed by atoms with Crippen molar-refractivity contribution in [1.29, 1.82) is 0 Å². The summed E-state index contributed by atoms with van der Waals surface area (Å²) in [4.78, 5) is 28.9. The van der Waals surface area contributed by atoms with Crippen LogP contribution < -0.4 is 4.90 Å². The third-order valence-corrected chi connectivity index (χ3v) is 5.17. The number of likely N-dealkylation sites (N-methyl/N-ethyl adjacent to an activating group) is 1. The lowest BCUT2D eigenvalue weighted by molar-refractivity contribution is -0.384. The first-order valence-electron chi connectivity index (χ1n) is 9.12. The zero-order valence-electron chi connectivity index (χ0n) is 15.8. The van der Waals surface area contributed by atoms with E-state index in [0.29, 0.717) is 18.1 Å². The van der Waals surface area contributed by atoms with E-state index in [-0.39, 0.29) is 11.6 Å². The molecular weight excluding hydrogens is 380 g/mol. The molecule has 3 rings (SSSR count). The molecule has 2 aromatic rings. The molecule has 0 bridgehead atoms. The highest BCUT2D eigenvalue weighted by atomic mass is 35.5. The third kappa shape index (κ3) is 5.21. The number of anilines is 1. The fourth-order valence-corrected chi connectivity index (χ4v) is 3.34. The first-order valence-corrected chi connectivity index (χ1v) is 9.50. The molecule has 0 N–H and O–H groups in total. The van der Waals surface area contributed by atoms with Gasteiger partial charge in [0.2, 0.25) is 5.91 Å². The lowest BCUT2D eigenvalue weighted by Crippen LogP contribution is -2.49. The lowest BCUT2D eigenvalue weighted by atomic mass is 10.2. The zero-order chi connectivity index (χ0) is 20.1. The normalized spacial score (nSPS) is 14.7. The van der Waals surface area contributed by atoms with E-state index in [1.54, 1.807) is 17.0 Å². The Labute approximate surface area is 169 Å². The molecule has 0 atom stereocenters. The van der Waals surface area contributed by atoms with Crippen LogP contribution in [0.2, 0.25) is 5.02 Å². The van der Waals surface area contributed by atoms with Gasteiger partial charge in [0.25, 0.3) is 5.69 Å². The number of benzene rings is 2. The quantitative estimate of drug-likeness (QED) is 0.548. The molecule has 0 radical (unpaired) electrons. The number of nitro groups is 1. The van der Waals surface area contributed by atoms with Gasteiger partial charge in [0.1, 0.15) is 0 Å². The molecule has 1 heterocycles. The van der Waals surface area contributed by atoms with Crippen molar-refractivity contribution >= 4 is 28.9 Å². The van der Waals surface area contributed by atoms with Crippen molar-refractivity contribution in [2.45, 2.75) is 6.54 Å². The largest absolute Gasteiger partial charge is 0.369 e. The van der Waals surface area contributed by atoms with Crippen LogP contribution in [0.5, 0.6) is 0 Å². The van der Waals surface area contributed by atoms with Crippen LogP contribution in [0.4, 0.5) is 11.4 Å². The average Bonchev–Trinajstić information content (AvgIpc) is 2.70. The number of carbonyl (C=O) groups is 1. The Morgan fingerprint density at radius 3 is 2.25 bits per heavy atom. The molecule has 0 aromatic heterocycles. The highest BCUT2D eigenvalue weighted by Crippen LogP contribution is 2.20. The van der Waals surface area contributed by atoms with Gasteiger partial charge in [-0.1, -0.05) is 23.7 Å². The molecule has 2 aromatic carbocycles. The molecule has 1 saturated heterocycles. The summed E-state index contributed by atoms with van der Waals surface area (Å²) >= 11 is 5.90. The van der Waals surface area contributed by atoms with Crippen LogP contribution in [0.3, 0.4) is 0 Å². The van der Waals surface area contributed by atoms with Crippen LogP contribution in [0, 0.1) is 10.1 Å². The second-order valence-corrected chi connectivity index (χ2v) is 7.35. The fourth-order valence-electron chi connectivity index (χ4n) is 3.21. The standard InChI is InChI=1S/C20H23ClN4O3/c1-22(14-16-2-4-17(21)5-3-16)20(26)15-23-10-12-24(13-11-23)18-6-8-19(9-7-18)25(27)28/h2-9H,10-15H2,1H3. The van der Waals surface area contributed by atoms with Crippen molar-refractivity contribution < 1.29 is 9.72 Å². The first-order chi connectivity index (χ1) is 13.4. The van der Waals surface area contributed by atoms with Gasteiger partial charge in [-0.2, -0.15) is 0 Å². The molecule has 0 saturated carbocycles. The van der Waals surface area contributed by atoms with Gasteiger partial charge in [-0.05, 0) is 29.8 Å². The van der Waals surface area contributed by atoms with Crippen LogP contribution in [-0.4, -0.2) is 60.4 Å². The Kier molecular flexibility index (Phi) is 6.49. The summed E-state index contributed by atoms with van der Waals surface area (Å²) in [7, 11) is 1.81. The van der Waals surface area contributed by atoms with Crippen molar-refractivity contribution in [2.75, 3.05) is 44.7 Å². The van der Waals surface area contributed by atoms with Crippen molar-refractivity contribution in [3.05, 3.63) is 69.2 Å². The highest BCUT2D eigenvalue weighted by molar-refractivity contribution is 6.30. The molecule has 1 amide bonds. The number of non-ortho nitro benzene ring substituents is 1. The highest BCUT2D eigenvalue weighted by Gasteiger charge is 2.21. The Morgan fingerprint density at radius 1 is 1.07 bits per heavy atom. The van der Waals surface area contributed by atoms with Crippen LogP contribution in [0.1, 0.15) is 5.56 Å². The van der Waals surface area contributed by atoms with E-state index in [1.165, 1.54) is 12.1 Å². The Hall–Kier alpha value is -2.64. The topological polar surface area (TPSA) is 69.9 Å². The fraction of sp³-hybridized carbons (Fsp3) is 0.350. The van der Waals surface area contributed by atoms with Crippen molar-refractivity contribution in [1.82, 2.24) is 9.80 Å². The zero-order valence-corrected chi connectivity index (χ0v) is 16.5. The second kappa shape index (κ2) is 9.03. The Balaban J connectivity index is 1.47. The summed E-state index contributed by atoms with van der Waals surface area (Å²) < 4.78 is 0. The molecule has 0 unspecified atom stereocenters. The minimum Gasteiger partial charge on any atom is -0.369 e. The summed E-state index contributed by atoms with van der Waals surface area (Å²) in [5.41, 5.74) is 2.11. The van der Waals surface area contributed by atoms with Gasteiger partial charge in [0.15, 0.2) is 0 Å². The molecule has 148 valence electrons. The van der Waals surface area contributed by atoms with E-state index >= 15 is 0 Å². The summed E-state index contributed by atoms with van der Waals surface area (Å²) in [5, 5.41) is 11.4. The second-order valence-electron chi connectivity index (χ2n) is 6.91. The van der Waals surface area contributed by atoms with Crippen molar-refractivity contribution in [3.63, 3.8) is 0 Å². The number of hydrogen-bond donors (Lipinski definition) is 0. The average molecular weight is 403 g/mol. The molecule has 1 aliphatic rings. The predicted octanol–water partition coefficient (Wildman–Crippen LogP) is 3.03. The van der Waals surface area contributed by atoms with Gasteiger partial charge < -0.3 is 9.80 Å². The van der Waals surface area contributed by atoms with Gasteiger partial charge in [-0.15, -0.1) is 0 Å². The number of carbonyl (C=O) groups excluding carboxylic acids is 1. The maximum absolute atomic E-state index is 12.5. The number of nitrogens with zero attached hydrogens (tertiary/aromatic N) is 4. The van der Waals surface area contributed by atoms with Gasteiger partial charge in [-0.25, -0.2) is 0 Å². The molecule has 1 aliphatic heterocycles. The maximum Gasteiger partial charge on any atom is 0.269 e. The van der Waals surface area contributed by atoms with Gasteiger partial charge in [0.05, 0.1) is 11.5 Å². The predicted molar refractivity (Wildman–Crippen MR) is 110 cm³/mol. The van der Waals surface area contributed by atoms with E-state index < -0.39 is 4.92 Å². The Morgan fingerprint density at radius 2 is 1.68 bits per heavy atom. The van der Waals surface area contributed by atoms with Gasteiger partial charge in [-0.3, -0.25) is 19.8 Å². The van der Waals surface area contributed by atoms with E-state index in [1.807, 2.05) is 31.3 Å². The number of rotatable bonds is 6. The minimum absolute atomic E-state index is 0.0822. The SMILES string of the molecule is CN(Cc1ccc(Cl)cc1)C(=O)CN1CCN(c2ccc([N+](=O)[O-])cc2)CC1. The lowest BCUT2D eigenvalue weighted by Gasteiger charge is -2.36. The summed E-state index contributed by atoms with van der Waals surface area (Å²) in [6.45, 7) is 4.06. The summed E-state index contributed by atoms with van der Waals surface area (Å²) in [6, 6.07) is 14.1. The van der Waals surface area contributed by atoms with E-state index in [9.17, 15) is 14.9 Å². The van der Waals surface area contributed by atoms with E-state index in [4.69, 9.17) is 11.6 Å². The van der Waals surface area contributed by atoms with Gasteiger partial charge in [0, 0.05) is 62.6 Å². The molecule has 7 nitrogen and oxygen atoms in total. The first kappa shape index (κ1) is 20.1.